The molecule has 1 N–H and O–H groups in total. The number of hydrogen-bond acceptors (Lipinski definition) is 9. The number of morpholine rings is 1. The molecule has 1 saturated carbocycles. The van der Waals surface area contributed by atoms with Crippen LogP contribution in [-0.4, -0.2) is 70.9 Å². The van der Waals surface area contributed by atoms with E-state index < -0.39 is 0 Å². The Hall–Kier alpha value is -2.81. The van der Waals surface area contributed by atoms with Crippen LogP contribution in [0.1, 0.15) is 31.4 Å². The second-order valence-corrected chi connectivity index (χ2v) is 8.00. The minimum atomic E-state index is -0.135. The molecule has 1 aliphatic carbocycles. The van der Waals surface area contributed by atoms with E-state index in [0.717, 1.165) is 69.1 Å². The third-order valence-corrected chi connectivity index (χ3v) is 5.85. The highest BCUT2D eigenvalue weighted by Crippen LogP contribution is 2.31. The smallest absolute Gasteiger partial charge is 0.316 e. The Morgan fingerprint density at radius 2 is 1.87 bits per heavy atom. The van der Waals surface area contributed by atoms with Crippen molar-refractivity contribution in [2.24, 2.45) is 4.99 Å². The number of allylic oxidation sites excluding steroid dienone is 1. The number of rotatable bonds is 5. The van der Waals surface area contributed by atoms with Gasteiger partial charge in [-0.15, -0.1) is 0 Å². The van der Waals surface area contributed by atoms with Crippen LogP contribution in [-0.2, 0) is 9.47 Å². The van der Waals surface area contributed by atoms with Crippen molar-refractivity contribution in [3.8, 4) is 6.01 Å². The first-order chi connectivity index (χ1) is 14.7. The highest BCUT2D eigenvalue weighted by Gasteiger charge is 2.33. The van der Waals surface area contributed by atoms with Gasteiger partial charge in [0.2, 0.25) is 0 Å². The summed E-state index contributed by atoms with van der Waals surface area (Å²) in [5, 5.41) is 2.00. The molecule has 9 heteroatoms. The maximum atomic E-state index is 6.47. The summed E-state index contributed by atoms with van der Waals surface area (Å²) in [6.07, 6.45) is 11.6. The summed E-state index contributed by atoms with van der Waals surface area (Å²) in [7, 11) is 0. The molecule has 160 valence electrons. The van der Waals surface area contributed by atoms with Gasteiger partial charge in [-0.25, -0.2) is 15.0 Å². The summed E-state index contributed by atoms with van der Waals surface area (Å²) in [6, 6.07) is 2.34. The molecule has 9 nitrogen and oxygen atoms in total. The van der Waals surface area contributed by atoms with Crippen molar-refractivity contribution < 1.29 is 14.2 Å². The summed E-state index contributed by atoms with van der Waals surface area (Å²) >= 11 is 0. The van der Waals surface area contributed by atoms with Crippen LogP contribution in [0.2, 0.25) is 0 Å². The fraction of sp³-hybridized carbons (Fsp3) is 0.571. The number of aliphatic imine (C=N–C) groups is 1. The molecule has 4 aliphatic rings. The van der Waals surface area contributed by atoms with Crippen molar-refractivity contribution >= 4 is 6.34 Å². The molecule has 5 rings (SSSR count). The Morgan fingerprint density at radius 3 is 2.63 bits per heavy atom. The zero-order valence-electron chi connectivity index (χ0n) is 17.2. The van der Waals surface area contributed by atoms with Gasteiger partial charge >= 0.3 is 6.01 Å². The van der Waals surface area contributed by atoms with E-state index in [-0.39, 0.29) is 18.4 Å². The molecule has 2 fully saturated rings. The summed E-state index contributed by atoms with van der Waals surface area (Å²) in [6.45, 7) is 5.23. The van der Waals surface area contributed by atoms with E-state index in [1.165, 1.54) is 0 Å². The third-order valence-electron chi connectivity index (χ3n) is 5.85. The first kappa shape index (κ1) is 19.2. The molecular weight excluding hydrogens is 384 g/mol. The highest BCUT2D eigenvalue weighted by atomic mass is 16.5. The Labute approximate surface area is 176 Å². The van der Waals surface area contributed by atoms with Crippen LogP contribution in [0.3, 0.4) is 0 Å². The fourth-order valence-electron chi connectivity index (χ4n) is 4.21. The van der Waals surface area contributed by atoms with E-state index in [4.69, 9.17) is 14.2 Å². The Bertz CT molecular complexity index is 843. The van der Waals surface area contributed by atoms with Crippen LogP contribution in [0, 0.1) is 6.92 Å². The predicted molar refractivity (Wildman–Crippen MR) is 110 cm³/mol. The summed E-state index contributed by atoms with van der Waals surface area (Å²) < 4.78 is 17.9. The maximum absolute atomic E-state index is 6.47. The zero-order valence-corrected chi connectivity index (χ0v) is 17.2. The first-order valence-electron chi connectivity index (χ1n) is 10.7. The van der Waals surface area contributed by atoms with Crippen molar-refractivity contribution in [3.63, 3.8) is 0 Å². The van der Waals surface area contributed by atoms with Gasteiger partial charge < -0.3 is 19.1 Å². The summed E-state index contributed by atoms with van der Waals surface area (Å²) in [4.78, 5) is 15.4. The SMILES string of the molecule is Cc1ccnc(OC2CCC(OC3=CC(N4CCOCC4)=CN4NC=NC34)CC2)n1. The third kappa shape index (κ3) is 4.21. The molecule has 3 aliphatic heterocycles. The number of hydrogen-bond donors (Lipinski definition) is 1. The highest BCUT2D eigenvalue weighted by molar-refractivity contribution is 5.58. The van der Waals surface area contributed by atoms with Crippen LogP contribution >= 0.6 is 0 Å². The van der Waals surface area contributed by atoms with Crippen molar-refractivity contribution in [1.29, 1.82) is 0 Å². The van der Waals surface area contributed by atoms with Gasteiger partial charge in [0.25, 0.3) is 0 Å². The van der Waals surface area contributed by atoms with Crippen molar-refractivity contribution in [1.82, 2.24) is 25.3 Å². The molecular formula is C21H28N6O3. The molecule has 0 amide bonds. The number of ether oxygens (including phenoxy) is 3. The molecule has 1 aromatic rings. The number of nitrogens with zero attached hydrogens (tertiary/aromatic N) is 5. The average molecular weight is 412 g/mol. The lowest BCUT2D eigenvalue weighted by molar-refractivity contribution is 0.0187. The predicted octanol–water partition coefficient (Wildman–Crippen LogP) is 1.74. The number of hydrazine groups is 1. The van der Waals surface area contributed by atoms with E-state index in [1.54, 1.807) is 12.5 Å². The van der Waals surface area contributed by atoms with Gasteiger partial charge in [-0.1, -0.05) is 0 Å². The van der Waals surface area contributed by atoms with E-state index in [9.17, 15) is 0 Å². The topological polar surface area (TPSA) is 84.3 Å². The van der Waals surface area contributed by atoms with Gasteiger partial charge in [-0.05, 0) is 38.7 Å². The lowest BCUT2D eigenvalue weighted by Gasteiger charge is -2.37. The van der Waals surface area contributed by atoms with Crippen molar-refractivity contribution in [3.05, 3.63) is 41.7 Å². The van der Waals surface area contributed by atoms with Gasteiger partial charge in [0, 0.05) is 37.3 Å². The van der Waals surface area contributed by atoms with Crippen molar-refractivity contribution in [2.45, 2.75) is 51.0 Å². The Morgan fingerprint density at radius 1 is 1.10 bits per heavy atom. The minimum absolute atomic E-state index is 0.135. The van der Waals surface area contributed by atoms with Gasteiger partial charge in [0.15, 0.2) is 6.17 Å². The maximum Gasteiger partial charge on any atom is 0.316 e. The van der Waals surface area contributed by atoms with Gasteiger partial charge in [-0.2, -0.15) is 0 Å². The van der Waals surface area contributed by atoms with Crippen LogP contribution in [0.25, 0.3) is 0 Å². The molecule has 4 heterocycles. The number of nitrogens with one attached hydrogen (secondary N) is 1. The molecule has 1 atom stereocenters. The normalized spacial score (nSPS) is 28.4. The number of aryl methyl sites for hydroxylation is 1. The molecule has 1 unspecified atom stereocenters. The lowest BCUT2D eigenvalue weighted by atomic mass is 9.95. The van der Waals surface area contributed by atoms with Gasteiger partial charge in [0.05, 0.1) is 25.0 Å². The van der Waals surface area contributed by atoms with Crippen LogP contribution in [0.15, 0.2) is 41.0 Å². The minimum Gasteiger partial charge on any atom is -0.490 e. The average Bonchev–Trinajstić information content (AvgIpc) is 3.25. The van der Waals surface area contributed by atoms with E-state index >= 15 is 0 Å². The first-order valence-corrected chi connectivity index (χ1v) is 10.7. The van der Waals surface area contributed by atoms with Gasteiger partial charge in [0.1, 0.15) is 18.2 Å². The molecule has 0 spiro atoms. The van der Waals surface area contributed by atoms with E-state index in [0.29, 0.717) is 6.01 Å². The van der Waals surface area contributed by atoms with Crippen LogP contribution in [0.5, 0.6) is 6.01 Å². The van der Waals surface area contributed by atoms with Crippen LogP contribution in [0.4, 0.5) is 0 Å². The van der Waals surface area contributed by atoms with Crippen molar-refractivity contribution in [2.75, 3.05) is 26.3 Å². The summed E-state index contributed by atoms with van der Waals surface area (Å²) in [5.41, 5.74) is 5.24. The summed E-state index contributed by atoms with van der Waals surface area (Å²) in [5.74, 6) is 0.895. The molecule has 0 radical (unpaired) electrons. The number of fused-ring (bicyclic) bond motifs is 1. The standard InChI is InChI=1S/C21H28N6O3/c1-15-6-7-22-21(25-15)30-18-4-2-17(3-5-18)29-19-12-16(26-8-10-28-11-9-26)13-27-20(19)23-14-24-27/h6-7,12-14,17-18,20H,2-5,8-11H2,1H3,(H,23,24). The van der Waals surface area contributed by atoms with E-state index in [1.807, 2.05) is 18.0 Å². The monoisotopic (exact) mass is 412 g/mol. The molecule has 1 saturated heterocycles. The largest absolute Gasteiger partial charge is 0.490 e. The van der Waals surface area contributed by atoms with Gasteiger partial charge in [-0.3, -0.25) is 10.4 Å². The fourth-order valence-corrected chi connectivity index (χ4v) is 4.21. The molecule has 1 aromatic heterocycles. The second-order valence-electron chi connectivity index (χ2n) is 8.00. The molecule has 0 bridgehead atoms. The lowest BCUT2D eigenvalue weighted by Crippen LogP contribution is -2.43. The number of aromatic nitrogens is 2. The van der Waals surface area contributed by atoms with E-state index in [2.05, 4.69) is 37.6 Å². The quantitative estimate of drug-likeness (QED) is 0.783. The van der Waals surface area contributed by atoms with Crippen LogP contribution < -0.4 is 10.2 Å². The Kier molecular flexibility index (Phi) is 5.44. The molecule has 0 aromatic carbocycles. The Balaban J connectivity index is 1.20. The zero-order chi connectivity index (χ0) is 20.3. The second kappa shape index (κ2) is 8.51. The molecule has 30 heavy (non-hydrogen) atoms.